The maximum Gasteiger partial charge on any atom is 0.323 e. The standard InChI is InChI=1S/C26H24N2O2/c1-17-22-20-15-9-10-16-21(20)27-24(22)26(18-11-5-3-6-12-18,19-13-7-4-8-14-19)28-23(17)25(29)30-2/h3-17,23,27-28H,1-2H3/t17-,23-/m1/s1. The lowest BCUT2D eigenvalue weighted by molar-refractivity contribution is -0.144. The zero-order valence-electron chi connectivity index (χ0n) is 17.1. The van der Waals surface area contributed by atoms with Gasteiger partial charge in [-0.05, 0) is 22.8 Å². The first-order valence-corrected chi connectivity index (χ1v) is 10.2. The average Bonchev–Trinajstić information content (AvgIpc) is 3.21. The first-order valence-electron chi connectivity index (χ1n) is 10.2. The molecule has 0 saturated carbocycles. The number of rotatable bonds is 3. The van der Waals surface area contributed by atoms with Gasteiger partial charge in [0.2, 0.25) is 0 Å². The second-order valence-electron chi connectivity index (χ2n) is 7.88. The summed E-state index contributed by atoms with van der Waals surface area (Å²) in [5.41, 5.74) is 4.75. The van der Waals surface area contributed by atoms with Gasteiger partial charge in [0.25, 0.3) is 0 Å². The SMILES string of the molecule is COC(=O)[C@@H]1NC(c2ccccc2)(c2ccccc2)c2[nH]c3ccccc3c2[C@H]1C. The number of ether oxygens (including phenoxy) is 1. The summed E-state index contributed by atoms with van der Waals surface area (Å²) in [4.78, 5) is 16.6. The third kappa shape index (κ3) is 2.61. The van der Waals surface area contributed by atoms with Crippen molar-refractivity contribution in [3.05, 3.63) is 107 Å². The highest BCUT2D eigenvalue weighted by atomic mass is 16.5. The second-order valence-corrected chi connectivity index (χ2v) is 7.88. The summed E-state index contributed by atoms with van der Waals surface area (Å²) in [6.45, 7) is 2.09. The Hall–Kier alpha value is -3.37. The fourth-order valence-corrected chi connectivity index (χ4v) is 4.92. The van der Waals surface area contributed by atoms with E-state index >= 15 is 0 Å². The van der Waals surface area contributed by atoms with Crippen LogP contribution in [0.1, 0.15) is 35.2 Å². The van der Waals surface area contributed by atoms with Crippen molar-refractivity contribution in [3.8, 4) is 0 Å². The third-order valence-electron chi connectivity index (χ3n) is 6.32. The van der Waals surface area contributed by atoms with E-state index in [0.717, 1.165) is 33.3 Å². The molecule has 0 radical (unpaired) electrons. The molecule has 1 aliphatic rings. The molecule has 0 bridgehead atoms. The Kier molecular flexibility index (Phi) is 4.44. The number of H-pyrrole nitrogens is 1. The van der Waals surface area contributed by atoms with E-state index in [1.54, 1.807) is 0 Å². The highest BCUT2D eigenvalue weighted by Crippen LogP contribution is 2.47. The molecule has 4 aromatic rings. The lowest BCUT2D eigenvalue weighted by atomic mass is 9.71. The number of aromatic amines is 1. The van der Waals surface area contributed by atoms with Crippen molar-refractivity contribution in [1.29, 1.82) is 0 Å². The van der Waals surface area contributed by atoms with Crippen LogP contribution in [0.3, 0.4) is 0 Å². The highest BCUT2D eigenvalue weighted by Gasteiger charge is 2.49. The Morgan fingerprint density at radius 2 is 1.43 bits per heavy atom. The number of carbonyl (C=O) groups is 1. The Bertz CT molecular complexity index is 1160. The first-order chi connectivity index (χ1) is 14.7. The summed E-state index contributed by atoms with van der Waals surface area (Å²) in [5, 5.41) is 4.86. The maximum atomic E-state index is 12.9. The molecule has 2 N–H and O–H groups in total. The molecule has 4 heteroatoms. The Morgan fingerprint density at radius 1 is 0.867 bits per heavy atom. The molecule has 0 fully saturated rings. The fourth-order valence-electron chi connectivity index (χ4n) is 4.92. The zero-order chi connectivity index (χ0) is 20.7. The van der Waals surface area contributed by atoms with Crippen LogP contribution in [0.5, 0.6) is 0 Å². The normalized spacial score (nSPS) is 19.9. The van der Waals surface area contributed by atoms with E-state index in [9.17, 15) is 4.79 Å². The summed E-state index contributed by atoms with van der Waals surface area (Å²) in [7, 11) is 1.45. The number of hydrogen-bond donors (Lipinski definition) is 2. The van der Waals surface area contributed by atoms with Crippen LogP contribution >= 0.6 is 0 Å². The van der Waals surface area contributed by atoms with Gasteiger partial charge in [-0.15, -0.1) is 0 Å². The molecule has 2 heterocycles. The Balaban J connectivity index is 1.91. The van der Waals surface area contributed by atoms with Crippen LogP contribution in [0.25, 0.3) is 10.9 Å². The molecular formula is C26H24N2O2. The number of aromatic nitrogens is 1. The second kappa shape index (κ2) is 7.15. The topological polar surface area (TPSA) is 54.1 Å². The molecule has 150 valence electrons. The van der Waals surface area contributed by atoms with E-state index in [1.807, 2.05) is 48.5 Å². The molecule has 5 rings (SSSR count). The summed E-state index contributed by atoms with van der Waals surface area (Å²) in [6.07, 6.45) is 0. The molecule has 0 unspecified atom stereocenters. The fraction of sp³-hybridized carbons (Fsp3) is 0.192. The van der Waals surface area contributed by atoms with Gasteiger partial charge in [-0.2, -0.15) is 0 Å². The van der Waals surface area contributed by atoms with Crippen LogP contribution in [0.4, 0.5) is 0 Å². The minimum Gasteiger partial charge on any atom is -0.468 e. The summed E-state index contributed by atoms with van der Waals surface area (Å²) < 4.78 is 5.22. The van der Waals surface area contributed by atoms with Crippen molar-refractivity contribution >= 4 is 16.9 Å². The number of fused-ring (bicyclic) bond motifs is 3. The number of methoxy groups -OCH3 is 1. The maximum absolute atomic E-state index is 12.9. The molecule has 30 heavy (non-hydrogen) atoms. The van der Waals surface area contributed by atoms with Gasteiger partial charge in [0.15, 0.2) is 0 Å². The van der Waals surface area contributed by atoms with E-state index in [2.05, 4.69) is 53.6 Å². The highest BCUT2D eigenvalue weighted by molar-refractivity contribution is 5.89. The third-order valence-corrected chi connectivity index (χ3v) is 6.32. The van der Waals surface area contributed by atoms with Gasteiger partial charge in [0, 0.05) is 22.5 Å². The van der Waals surface area contributed by atoms with Crippen molar-refractivity contribution in [2.24, 2.45) is 0 Å². The van der Waals surface area contributed by atoms with Gasteiger partial charge in [0.05, 0.1) is 7.11 Å². The van der Waals surface area contributed by atoms with Crippen molar-refractivity contribution in [2.45, 2.75) is 24.4 Å². The first kappa shape index (κ1) is 18.6. The van der Waals surface area contributed by atoms with E-state index in [4.69, 9.17) is 4.74 Å². The summed E-state index contributed by atoms with van der Waals surface area (Å²) in [5.74, 6) is -0.307. The lowest BCUT2D eigenvalue weighted by Gasteiger charge is -2.45. The average molecular weight is 396 g/mol. The Labute approximate surface area is 175 Å². The van der Waals surface area contributed by atoms with E-state index in [0.29, 0.717) is 0 Å². The molecule has 3 aromatic carbocycles. The van der Waals surface area contributed by atoms with Gasteiger partial charge < -0.3 is 9.72 Å². The molecule has 0 spiro atoms. The van der Waals surface area contributed by atoms with Crippen molar-refractivity contribution in [3.63, 3.8) is 0 Å². The predicted octanol–water partition coefficient (Wildman–Crippen LogP) is 4.71. The molecular weight excluding hydrogens is 372 g/mol. The molecule has 0 saturated heterocycles. The van der Waals surface area contributed by atoms with Crippen LogP contribution in [0, 0.1) is 0 Å². The van der Waals surface area contributed by atoms with Gasteiger partial charge in [-0.25, -0.2) is 0 Å². The monoisotopic (exact) mass is 396 g/mol. The molecule has 0 amide bonds. The molecule has 4 nitrogen and oxygen atoms in total. The predicted molar refractivity (Wildman–Crippen MR) is 118 cm³/mol. The van der Waals surface area contributed by atoms with Crippen LogP contribution in [0.15, 0.2) is 84.9 Å². The number of para-hydroxylation sites is 1. The zero-order valence-corrected chi connectivity index (χ0v) is 17.1. The smallest absolute Gasteiger partial charge is 0.323 e. The van der Waals surface area contributed by atoms with E-state index in [1.165, 1.54) is 7.11 Å². The largest absolute Gasteiger partial charge is 0.468 e. The molecule has 1 aliphatic heterocycles. The van der Waals surface area contributed by atoms with Gasteiger partial charge >= 0.3 is 5.97 Å². The van der Waals surface area contributed by atoms with E-state index in [-0.39, 0.29) is 11.9 Å². The molecule has 0 aliphatic carbocycles. The lowest BCUT2D eigenvalue weighted by Crippen LogP contribution is -2.58. The van der Waals surface area contributed by atoms with Crippen LogP contribution in [-0.4, -0.2) is 24.1 Å². The van der Waals surface area contributed by atoms with Gasteiger partial charge in [0.1, 0.15) is 11.6 Å². The van der Waals surface area contributed by atoms with E-state index < -0.39 is 11.6 Å². The number of benzene rings is 3. The van der Waals surface area contributed by atoms with Crippen LogP contribution in [0.2, 0.25) is 0 Å². The quantitative estimate of drug-likeness (QED) is 0.493. The minimum absolute atomic E-state index is 0.0517. The molecule has 2 atom stereocenters. The Morgan fingerprint density at radius 3 is 2.03 bits per heavy atom. The molecule has 1 aromatic heterocycles. The number of esters is 1. The van der Waals surface area contributed by atoms with Gasteiger partial charge in [-0.1, -0.05) is 85.8 Å². The van der Waals surface area contributed by atoms with Crippen molar-refractivity contribution in [1.82, 2.24) is 10.3 Å². The number of hydrogen-bond acceptors (Lipinski definition) is 3. The van der Waals surface area contributed by atoms with Crippen LogP contribution < -0.4 is 5.32 Å². The number of carbonyl (C=O) groups excluding carboxylic acids is 1. The van der Waals surface area contributed by atoms with Gasteiger partial charge in [-0.3, -0.25) is 10.1 Å². The van der Waals surface area contributed by atoms with Crippen molar-refractivity contribution in [2.75, 3.05) is 7.11 Å². The minimum atomic E-state index is -0.706. The summed E-state index contributed by atoms with van der Waals surface area (Å²) >= 11 is 0. The number of nitrogens with one attached hydrogen (secondary N) is 2. The summed E-state index contributed by atoms with van der Waals surface area (Å²) in [6, 6.07) is 28.4. The van der Waals surface area contributed by atoms with Crippen molar-refractivity contribution < 1.29 is 9.53 Å². The van der Waals surface area contributed by atoms with Crippen LogP contribution in [-0.2, 0) is 15.1 Å².